The second-order valence-corrected chi connectivity index (χ2v) is 7.00. The van der Waals surface area contributed by atoms with Gasteiger partial charge in [0.05, 0.1) is 24.8 Å². The Morgan fingerprint density at radius 2 is 1.86 bits per heavy atom. The number of ether oxygens (including phenoxy) is 1. The third-order valence-electron chi connectivity index (χ3n) is 4.28. The number of methoxy groups -OCH3 is 1. The zero-order valence-electron chi connectivity index (χ0n) is 15.1. The van der Waals surface area contributed by atoms with E-state index in [9.17, 15) is 9.59 Å². The lowest BCUT2D eigenvalue weighted by molar-refractivity contribution is -0.115. The van der Waals surface area contributed by atoms with Crippen molar-refractivity contribution in [2.24, 2.45) is 0 Å². The molecule has 0 atom stereocenters. The summed E-state index contributed by atoms with van der Waals surface area (Å²) in [5.41, 5.74) is 3.86. The van der Waals surface area contributed by atoms with Gasteiger partial charge in [-0.2, -0.15) is 0 Å². The molecule has 0 aliphatic rings. The molecule has 1 amide bonds. The summed E-state index contributed by atoms with van der Waals surface area (Å²) in [6.07, 6.45) is 2.18. The van der Waals surface area contributed by atoms with Gasteiger partial charge >= 0.3 is 5.97 Å². The molecule has 4 rings (SSSR count). The molecule has 0 bridgehead atoms. The number of rotatable bonds is 5. The van der Waals surface area contributed by atoms with Crippen molar-refractivity contribution in [2.45, 2.75) is 6.42 Å². The van der Waals surface area contributed by atoms with Gasteiger partial charge < -0.3 is 10.1 Å². The molecular weight excluding hydrogens is 374 g/mol. The number of carbonyl (C=O) groups excluding carboxylic acids is 2. The van der Waals surface area contributed by atoms with Crippen LogP contribution >= 0.6 is 11.3 Å². The monoisotopic (exact) mass is 391 g/mol. The third kappa shape index (κ3) is 3.65. The number of nitrogens with one attached hydrogen (secondary N) is 1. The summed E-state index contributed by atoms with van der Waals surface area (Å²) in [6.45, 7) is 0. The molecule has 2 heterocycles. The normalized spacial score (nSPS) is 10.8. The quantitative estimate of drug-likeness (QED) is 0.521. The number of imidazole rings is 1. The number of aromatic nitrogens is 2. The molecule has 2 aromatic heterocycles. The highest BCUT2D eigenvalue weighted by Gasteiger charge is 2.13. The number of carbonyl (C=O) groups is 2. The summed E-state index contributed by atoms with van der Waals surface area (Å²) in [4.78, 5) is 29.4. The minimum absolute atomic E-state index is 0.138. The number of hydrogen-bond acceptors (Lipinski definition) is 5. The first-order chi connectivity index (χ1) is 13.6. The van der Waals surface area contributed by atoms with E-state index in [0.717, 1.165) is 21.9 Å². The zero-order chi connectivity index (χ0) is 19.5. The number of hydrogen-bond donors (Lipinski definition) is 1. The van der Waals surface area contributed by atoms with Crippen LogP contribution in [-0.4, -0.2) is 28.4 Å². The van der Waals surface area contributed by atoms with Crippen LogP contribution in [0.2, 0.25) is 0 Å². The fourth-order valence-corrected chi connectivity index (χ4v) is 3.75. The fraction of sp³-hybridized carbons (Fsp3) is 0.0952. The molecule has 4 aromatic rings. The maximum absolute atomic E-state index is 12.4. The van der Waals surface area contributed by atoms with Crippen molar-refractivity contribution in [3.63, 3.8) is 0 Å². The lowest BCUT2D eigenvalue weighted by atomic mass is 10.2. The molecule has 0 spiro atoms. The number of fused-ring (bicyclic) bond motifs is 1. The van der Waals surface area contributed by atoms with E-state index in [0.29, 0.717) is 11.3 Å². The Morgan fingerprint density at radius 3 is 2.57 bits per heavy atom. The van der Waals surface area contributed by atoms with Crippen LogP contribution < -0.4 is 5.32 Å². The summed E-state index contributed by atoms with van der Waals surface area (Å²) < 4.78 is 6.62. The van der Waals surface area contributed by atoms with Gasteiger partial charge in [-0.3, -0.25) is 9.20 Å². The Hall–Kier alpha value is -3.45. The highest BCUT2D eigenvalue weighted by molar-refractivity contribution is 7.15. The molecule has 0 saturated heterocycles. The smallest absolute Gasteiger partial charge is 0.337 e. The Bertz CT molecular complexity index is 1130. The number of anilines is 1. The van der Waals surface area contributed by atoms with Crippen LogP contribution in [-0.2, 0) is 16.0 Å². The number of nitrogens with zero attached hydrogens (tertiary/aromatic N) is 2. The van der Waals surface area contributed by atoms with Gasteiger partial charge in [-0.15, -0.1) is 11.3 Å². The van der Waals surface area contributed by atoms with Crippen LogP contribution in [0.25, 0.3) is 16.2 Å². The summed E-state index contributed by atoms with van der Waals surface area (Å²) in [5.74, 6) is -0.548. The topological polar surface area (TPSA) is 72.7 Å². The first-order valence-corrected chi connectivity index (χ1v) is 9.51. The minimum atomic E-state index is -0.409. The zero-order valence-corrected chi connectivity index (χ0v) is 15.9. The first kappa shape index (κ1) is 17.9. The molecule has 0 aliphatic carbocycles. The summed E-state index contributed by atoms with van der Waals surface area (Å²) in [6, 6.07) is 16.5. The number of benzene rings is 2. The summed E-state index contributed by atoms with van der Waals surface area (Å²) >= 11 is 1.51. The maximum atomic E-state index is 12.4. The van der Waals surface area contributed by atoms with Crippen molar-refractivity contribution >= 4 is 33.9 Å². The average Bonchev–Trinajstić information content (AvgIpc) is 3.31. The minimum Gasteiger partial charge on any atom is -0.465 e. The Kier molecular flexibility index (Phi) is 4.90. The predicted octanol–water partition coefficient (Wildman–Crippen LogP) is 4.03. The molecule has 0 aliphatic heterocycles. The molecule has 0 saturated carbocycles. The molecule has 6 nitrogen and oxygen atoms in total. The van der Waals surface area contributed by atoms with Gasteiger partial charge in [0.25, 0.3) is 0 Å². The molecule has 140 valence electrons. The SMILES string of the molecule is COC(=O)c1ccc(NC(=O)Cc2csc3nc(-c4ccccc4)cn23)cc1. The molecule has 7 heteroatoms. The third-order valence-corrected chi connectivity index (χ3v) is 5.17. The van der Waals surface area contributed by atoms with Gasteiger partial charge in [0, 0.05) is 28.5 Å². The molecule has 28 heavy (non-hydrogen) atoms. The first-order valence-electron chi connectivity index (χ1n) is 8.63. The summed E-state index contributed by atoms with van der Waals surface area (Å²) in [7, 11) is 1.33. The van der Waals surface area contributed by atoms with Gasteiger partial charge in [0.2, 0.25) is 5.91 Å². The van der Waals surface area contributed by atoms with Crippen molar-refractivity contribution in [2.75, 3.05) is 12.4 Å². The molecule has 1 N–H and O–H groups in total. The van der Waals surface area contributed by atoms with Crippen LogP contribution in [0.15, 0.2) is 66.2 Å². The average molecular weight is 391 g/mol. The predicted molar refractivity (Wildman–Crippen MR) is 109 cm³/mol. The Balaban J connectivity index is 1.48. The van der Waals surface area contributed by atoms with Crippen molar-refractivity contribution in [1.82, 2.24) is 9.38 Å². The molecule has 0 unspecified atom stereocenters. The van der Waals surface area contributed by atoms with Crippen molar-refractivity contribution < 1.29 is 14.3 Å². The van der Waals surface area contributed by atoms with Gasteiger partial charge in [-0.1, -0.05) is 30.3 Å². The second kappa shape index (κ2) is 7.66. The van der Waals surface area contributed by atoms with Gasteiger partial charge in [-0.05, 0) is 24.3 Å². The number of amides is 1. The Labute approximate surface area is 165 Å². The van der Waals surface area contributed by atoms with Gasteiger partial charge in [0.1, 0.15) is 0 Å². The van der Waals surface area contributed by atoms with E-state index in [1.165, 1.54) is 18.4 Å². The highest BCUT2D eigenvalue weighted by Crippen LogP contribution is 2.24. The van der Waals surface area contributed by atoms with E-state index in [2.05, 4.69) is 15.0 Å². The largest absolute Gasteiger partial charge is 0.465 e. The molecule has 0 fully saturated rings. The molecule has 2 aromatic carbocycles. The molecular formula is C21H17N3O3S. The van der Waals surface area contributed by atoms with Crippen molar-refractivity contribution in [3.8, 4) is 11.3 Å². The van der Waals surface area contributed by atoms with Crippen LogP contribution in [0.1, 0.15) is 16.1 Å². The van der Waals surface area contributed by atoms with Crippen molar-refractivity contribution in [3.05, 3.63) is 77.4 Å². The van der Waals surface area contributed by atoms with Crippen LogP contribution in [0.3, 0.4) is 0 Å². The van der Waals surface area contributed by atoms with Gasteiger partial charge in [-0.25, -0.2) is 9.78 Å². The maximum Gasteiger partial charge on any atom is 0.337 e. The van der Waals surface area contributed by atoms with Crippen LogP contribution in [0.4, 0.5) is 5.69 Å². The fourth-order valence-electron chi connectivity index (χ4n) is 2.88. The number of esters is 1. The van der Waals surface area contributed by atoms with E-state index in [1.807, 2.05) is 46.3 Å². The summed E-state index contributed by atoms with van der Waals surface area (Å²) in [5, 5.41) is 4.79. The Morgan fingerprint density at radius 1 is 1.11 bits per heavy atom. The molecule has 0 radical (unpaired) electrons. The van der Waals surface area contributed by atoms with Crippen molar-refractivity contribution in [1.29, 1.82) is 0 Å². The van der Waals surface area contributed by atoms with Gasteiger partial charge in [0.15, 0.2) is 4.96 Å². The lowest BCUT2D eigenvalue weighted by Gasteiger charge is -2.06. The van der Waals surface area contributed by atoms with E-state index < -0.39 is 5.97 Å². The van der Waals surface area contributed by atoms with E-state index in [-0.39, 0.29) is 12.3 Å². The van der Waals surface area contributed by atoms with E-state index >= 15 is 0 Å². The second-order valence-electron chi connectivity index (χ2n) is 6.17. The standard InChI is InChI=1S/C21H17N3O3S/c1-27-20(26)15-7-9-16(10-8-15)22-19(25)11-17-13-28-21-23-18(12-24(17)21)14-5-3-2-4-6-14/h2-10,12-13H,11H2,1H3,(H,22,25). The van der Waals surface area contributed by atoms with Crippen LogP contribution in [0, 0.1) is 0 Å². The number of thiazole rings is 1. The van der Waals surface area contributed by atoms with Crippen LogP contribution in [0.5, 0.6) is 0 Å². The van der Waals surface area contributed by atoms with E-state index in [4.69, 9.17) is 0 Å². The lowest BCUT2D eigenvalue weighted by Crippen LogP contribution is -2.15. The van der Waals surface area contributed by atoms with E-state index in [1.54, 1.807) is 24.3 Å². The highest BCUT2D eigenvalue weighted by atomic mass is 32.1.